The van der Waals surface area contributed by atoms with Gasteiger partial charge in [-0.3, -0.25) is 4.79 Å². The molecule has 3 nitrogen and oxygen atoms in total. The number of nitrogens with zero attached hydrogens (tertiary/aromatic N) is 1. The molecule has 0 aliphatic heterocycles. The topological polar surface area (TPSA) is 34.0 Å². The van der Waals surface area contributed by atoms with Crippen LogP contribution in [-0.4, -0.2) is 10.5 Å². The fraction of sp³-hybridized carbons (Fsp3) is 0.303. The first-order valence-corrected chi connectivity index (χ1v) is 13.9. The largest absolute Gasteiger partial charge is 0.348 e. The quantitative estimate of drug-likeness (QED) is 0.178. The first-order valence-electron chi connectivity index (χ1n) is 13.5. The lowest BCUT2D eigenvalue weighted by Crippen LogP contribution is -2.22. The Balaban J connectivity index is 1.14. The summed E-state index contributed by atoms with van der Waals surface area (Å²) < 4.78 is 2.24. The molecule has 0 spiro atoms. The van der Waals surface area contributed by atoms with Crippen molar-refractivity contribution in [3.05, 3.63) is 118 Å². The molecule has 4 heteroatoms. The molecule has 37 heavy (non-hydrogen) atoms. The van der Waals surface area contributed by atoms with Crippen LogP contribution in [0.5, 0.6) is 0 Å². The molecule has 190 valence electrons. The molecule has 1 fully saturated rings. The van der Waals surface area contributed by atoms with Gasteiger partial charge in [0, 0.05) is 35.2 Å². The Bertz CT molecular complexity index is 1340. The van der Waals surface area contributed by atoms with Crippen molar-refractivity contribution in [1.29, 1.82) is 0 Å². The number of allylic oxidation sites excluding steroid dienone is 2. The van der Waals surface area contributed by atoms with Gasteiger partial charge in [-0.25, -0.2) is 0 Å². The van der Waals surface area contributed by atoms with Gasteiger partial charge in [0.2, 0.25) is 0 Å². The number of aromatic nitrogens is 1. The summed E-state index contributed by atoms with van der Waals surface area (Å²) in [6, 6.07) is 26.7. The number of carbonyl (C=O) groups excluding carboxylic acids is 1. The molecule has 4 aromatic rings. The molecule has 3 aromatic carbocycles. The lowest BCUT2D eigenvalue weighted by molar-refractivity contribution is 0.0952. The van der Waals surface area contributed by atoms with Gasteiger partial charge >= 0.3 is 0 Å². The second-order valence-corrected chi connectivity index (χ2v) is 10.6. The molecule has 0 unspecified atom stereocenters. The van der Waals surface area contributed by atoms with Gasteiger partial charge in [-0.2, -0.15) is 0 Å². The Labute approximate surface area is 225 Å². The van der Waals surface area contributed by atoms with Gasteiger partial charge in [0.25, 0.3) is 5.91 Å². The number of unbranched alkanes of at least 4 members (excludes halogenated alkanes) is 1. The lowest BCUT2D eigenvalue weighted by Gasteiger charge is -2.24. The Morgan fingerprint density at radius 1 is 0.919 bits per heavy atom. The number of amides is 1. The molecule has 1 saturated carbocycles. The third-order valence-electron chi connectivity index (χ3n) is 7.55. The smallest absolute Gasteiger partial charge is 0.253 e. The van der Waals surface area contributed by atoms with Crippen molar-refractivity contribution >= 4 is 28.4 Å². The lowest BCUT2D eigenvalue weighted by atomic mass is 9.82. The zero-order valence-electron chi connectivity index (χ0n) is 21.3. The summed E-state index contributed by atoms with van der Waals surface area (Å²) in [7, 11) is 0. The van der Waals surface area contributed by atoms with Gasteiger partial charge in [-0.1, -0.05) is 83.9 Å². The first-order chi connectivity index (χ1) is 18.2. The summed E-state index contributed by atoms with van der Waals surface area (Å²) in [4.78, 5) is 13.0. The maximum absolute atomic E-state index is 13.0. The van der Waals surface area contributed by atoms with E-state index in [9.17, 15) is 4.79 Å². The Kier molecular flexibility index (Phi) is 8.42. The third kappa shape index (κ3) is 6.72. The minimum absolute atomic E-state index is 0.0423. The SMILES string of the molecule is O=C(NCc1ccc(Cl)cc1)c1cn(CCCC=C2CCC(Cc3ccccc3)CC2)c2ccccc12. The van der Waals surface area contributed by atoms with Crippen LogP contribution in [0.1, 0.15) is 60.0 Å². The molecular formula is C33H35ClN2O. The number of halogens is 1. The Morgan fingerprint density at radius 3 is 2.43 bits per heavy atom. The van der Waals surface area contributed by atoms with Crippen molar-refractivity contribution < 1.29 is 4.79 Å². The highest BCUT2D eigenvalue weighted by Crippen LogP contribution is 2.31. The molecule has 1 aromatic heterocycles. The highest BCUT2D eigenvalue weighted by atomic mass is 35.5. The number of rotatable bonds is 9. The van der Waals surface area contributed by atoms with E-state index in [1.54, 1.807) is 5.57 Å². The van der Waals surface area contributed by atoms with E-state index in [1.165, 1.54) is 37.7 Å². The molecule has 0 saturated heterocycles. The van der Waals surface area contributed by atoms with Crippen molar-refractivity contribution in [3.63, 3.8) is 0 Å². The van der Waals surface area contributed by atoms with Crippen molar-refractivity contribution in [3.8, 4) is 0 Å². The predicted molar refractivity (Wildman–Crippen MR) is 154 cm³/mol. The maximum Gasteiger partial charge on any atom is 0.253 e. The van der Waals surface area contributed by atoms with E-state index in [0.717, 1.165) is 47.3 Å². The van der Waals surface area contributed by atoms with Crippen LogP contribution in [0.2, 0.25) is 5.02 Å². The molecule has 1 amide bonds. The molecule has 1 N–H and O–H groups in total. The number of nitrogens with one attached hydrogen (secondary N) is 1. The van der Waals surface area contributed by atoms with Gasteiger partial charge in [-0.05, 0) is 80.2 Å². The maximum atomic E-state index is 13.0. The molecule has 1 heterocycles. The van der Waals surface area contributed by atoms with Crippen molar-refractivity contribution in [2.24, 2.45) is 5.92 Å². The number of aryl methyl sites for hydroxylation is 1. The van der Waals surface area contributed by atoms with E-state index >= 15 is 0 Å². The molecular weight excluding hydrogens is 476 g/mol. The minimum Gasteiger partial charge on any atom is -0.348 e. The predicted octanol–water partition coefficient (Wildman–Crippen LogP) is 8.36. The van der Waals surface area contributed by atoms with E-state index in [0.29, 0.717) is 11.6 Å². The molecule has 0 radical (unpaired) electrons. The van der Waals surface area contributed by atoms with Gasteiger partial charge in [0.15, 0.2) is 0 Å². The van der Waals surface area contributed by atoms with Crippen LogP contribution in [0.3, 0.4) is 0 Å². The van der Waals surface area contributed by atoms with Crippen molar-refractivity contribution in [2.75, 3.05) is 0 Å². The molecule has 0 bridgehead atoms. The summed E-state index contributed by atoms with van der Waals surface area (Å²) in [5.74, 6) is 0.773. The number of carbonyl (C=O) groups is 1. The summed E-state index contributed by atoms with van der Waals surface area (Å²) >= 11 is 5.97. The van der Waals surface area contributed by atoms with Gasteiger partial charge in [-0.15, -0.1) is 0 Å². The number of hydrogen-bond acceptors (Lipinski definition) is 1. The molecule has 0 atom stereocenters. The standard InChI is InChI=1S/C33H35ClN2O/c34-29-19-17-28(18-20-29)23-35-33(37)31-24-36(32-12-5-4-11-30(31)32)21-7-6-8-25-13-15-27(16-14-25)22-26-9-2-1-3-10-26/h1-5,8-12,17-20,24,27H,6-7,13-16,21-23H2,(H,35,37). The van der Waals surface area contributed by atoms with Crippen LogP contribution in [-0.2, 0) is 19.5 Å². The van der Waals surface area contributed by atoms with E-state index in [1.807, 2.05) is 48.7 Å². The minimum atomic E-state index is -0.0423. The summed E-state index contributed by atoms with van der Waals surface area (Å²) in [5, 5.41) is 4.77. The molecule has 1 aliphatic carbocycles. The van der Waals surface area contributed by atoms with E-state index < -0.39 is 0 Å². The number of fused-ring (bicyclic) bond motifs is 1. The van der Waals surface area contributed by atoms with Gasteiger partial charge < -0.3 is 9.88 Å². The number of para-hydroxylation sites is 1. The van der Waals surface area contributed by atoms with Crippen LogP contribution >= 0.6 is 11.6 Å². The average Bonchev–Trinajstić information content (AvgIpc) is 3.31. The average molecular weight is 511 g/mol. The normalized spacial score (nSPS) is 15.6. The van der Waals surface area contributed by atoms with Crippen LogP contribution in [0.25, 0.3) is 10.9 Å². The molecule has 5 rings (SSSR count). The number of benzene rings is 3. The monoisotopic (exact) mass is 510 g/mol. The van der Waals surface area contributed by atoms with E-state index in [4.69, 9.17) is 11.6 Å². The second-order valence-electron chi connectivity index (χ2n) is 10.2. The van der Waals surface area contributed by atoms with Crippen LogP contribution in [0.15, 0.2) is 96.7 Å². The Hall–Kier alpha value is -3.30. The second kappa shape index (κ2) is 12.3. The first kappa shape index (κ1) is 25.4. The van der Waals surface area contributed by atoms with Crippen molar-refractivity contribution in [1.82, 2.24) is 9.88 Å². The highest BCUT2D eigenvalue weighted by Gasteiger charge is 2.17. The van der Waals surface area contributed by atoms with E-state index in [2.05, 4.69) is 52.4 Å². The van der Waals surface area contributed by atoms with Crippen LogP contribution in [0.4, 0.5) is 0 Å². The van der Waals surface area contributed by atoms with Gasteiger partial charge in [0.05, 0.1) is 5.56 Å². The summed E-state index contributed by atoms with van der Waals surface area (Å²) in [6.07, 6.45) is 12.9. The van der Waals surface area contributed by atoms with Gasteiger partial charge in [0.1, 0.15) is 0 Å². The third-order valence-corrected chi connectivity index (χ3v) is 7.80. The highest BCUT2D eigenvalue weighted by molar-refractivity contribution is 6.30. The van der Waals surface area contributed by atoms with E-state index in [-0.39, 0.29) is 5.91 Å². The zero-order valence-corrected chi connectivity index (χ0v) is 22.1. The Morgan fingerprint density at radius 2 is 1.65 bits per heavy atom. The fourth-order valence-corrected chi connectivity index (χ4v) is 5.59. The number of hydrogen-bond donors (Lipinski definition) is 1. The van der Waals surface area contributed by atoms with Crippen LogP contribution < -0.4 is 5.32 Å². The summed E-state index contributed by atoms with van der Waals surface area (Å²) in [5.41, 5.74) is 5.98. The fourth-order valence-electron chi connectivity index (χ4n) is 5.46. The zero-order chi connectivity index (χ0) is 25.5. The summed E-state index contributed by atoms with van der Waals surface area (Å²) in [6.45, 7) is 1.39. The molecule has 1 aliphatic rings. The van der Waals surface area contributed by atoms with Crippen LogP contribution in [0, 0.1) is 5.92 Å². The van der Waals surface area contributed by atoms with Crippen molar-refractivity contribution in [2.45, 2.75) is 58.0 Å².